The van der Waals surface area contributed by atoms with Gasteiger partial charge in [-0.3, -0.25) is 0 Å². The lowest BCUT2D eigenvalue weighted by Crippen LogP contribution is -2.58. The molecular weight excluding hydrogens is 200 g/mol. The van der Waals surface area contributed by atoms with Crippen LogP contribution < -0.4 is 0 Å². The Morgan fingerprint density at radius 3 is 1.93 bits per heavy atom. The van der Waals surface area contributed by atoms with E-state index < -0.39 is 30.7 Å². The Morgan fingerprint density at radius 1 is 0.933 bits per heavy atom. The van der Waals surface area contributed by atoms with Crippen LogP contribution in [0.3, 0.4) is 0 Å². The third kappa shape index (κ3) is 3.12. The van der Waals surface area contributed by atoms with E-state index in [1.807, 2.05) is 20.8 Å². The zero-order chi connectivity index (χ0) is 11.8. The first-order valence-corrected chi connectivity index (χ1v) is 5.10. The molecule has 1 aliphatic rings. The molecule has 0 aromatic rings. The van der Waals surface area contributed by atoms with Gasteiger partial charge in [-0.25, -0.2) is 0 Å². The molecule has 0 bridgehead atoms. The molecule has 1 fully saturated rings. The molecule has 1 heterocycles. The maximum atomic E-state index is 9.64. The Balaban J connectivity index is 2.67. The van der Waals surface area contributed by atoms with E-state index in [0.29, 0.717) is 6.42 Å². The largest absolute Gasteiger partial charge is 0.388 e. The van der Waals surface area contributed by atoms with Crippen molar-refractivity contribution in [2.45, 2.75) is 57.9 Å². The summed E-state index contributed by atoms with van der Waals surface area (Å²) in [5.41, 5.74) is -0.0899. The lowest BCUT2D eigenvalue weighted by molar-refractivity contribution is -0.285. The van der Waals surface area contributed by atoms with Gasteiger partial charge < -0.3 is 25.2 Å². The fourth-order valence-electron chi connectivity index (χ4n) is 1.70. The number of aliphatic hydroxyl groups is 4. The fraction of sp³-hybridized carbons (Fsp3) is 1.00. The minimum absolute atomic E-state index is 0.0899. The van der Waals surface area contributed by atoms with E-state index in [1.54, 1.807) is 0 Å². The number of ether oxygens (including phenoxy) is 1. The van der Waals surface area contributed by atoms with E-state index in [9.17, 15) is 20.4 Å². The van der Waals surface area contributed by atoms with Gasteiger partial charge >= 0.3 is 0 Å². The zero-order valence-corrected chi connectivity index (χ0v) is 9.29. The van der Waals surface area contributed by atoms with Crippen LogP contribution in [0, 0.1) is 5.41 Å². The topological polar surface area (TPSA) is 90.2 Å². The molecule has 5 nitrogen and oxygen atoms in total. The van der Waals surface area contributed by atoms with E-state index in [2.05, 4.69) is 0 Å². The number of hydrogen-bond acceptors (Lipinski definition) is 5. The van der Waals surface area contributed by atoms with E-state index in [-0.39, 0.29) is 5.41 Å². The van der Waals surface area contributed by atoms with Crippen LogP contribution in [0.25, 0.3) is 0 Å². The van der Waals surface area contributed by atoms with Crippen LogP contribution >= 0.6 is 0 Å². The van der Waals surface area contributed by atoms with Crippen molar-refractivity contribution in [1.82, 2.24) is 0 Å². The first-order valence-electron chi connectivity index (χ1n) is 5.10. The number of hydrogen-bond donors (Lipinski definition) is 4. The van der Waals surface area contributed by atoms with Crippen molar-refractivity contribution in [3.63, 3.8) is 0 Å². The van der Waals surface area contributed by atoms with Crippen LogP contribution in [-0.2, 0) is 4.74 Å². The summed E-state index contributed by atoms with van der Waals surface area (Å²) in [6, 6.07) is 0. The Hall–Kier alpha value is -0.200. The molecule has 5 atom stereocenters. The molecule has 4 N–H and O–H groups in total. The predicted molar refractivity (Wildman–Crippen MR) is 53.0 cm³/mol. The van der Waals surface area contributed by atoms with Gasteiger partial charge in [0.25, 0.3) is 0 Å². The Morgan fingerprint density at radius 2 is 1.47 bits per heavy atom. The van der Waals surface area contributed by atoms with Crippen molar-refractivity contribution in [2.24, 2.45) is 5.41 Å². The van der Waals surface area contributed by atoms with Gasteiger partial charge in [0.15, 0.2) is 6.29 Å². The summed E-state index contributed by atoms with van der Waals surface area (Å²) >= 11 is 0. The molecule has 0 radical (unpaired) electrons. The smallest absolute Gasteiger partial charge is 0.183 e. The van der Waals surface area contributed by atoms with Gasteiger partial charge in [0, 0.05) is 0 Å². The number of rotatable bonds is 1. The summed E-state index contributed by atoms with van der Waals surface area (Å²) in [7, 11) is 0. The molecule has 0 aromatic carbocycles. The minimum Gasteiger partial charge on any atom is -0.388 e. The molecular formula is C10H20O5. The highest BCUT2D eigenvalue weighted by Gasteiger charge is 2.43. The molecule has 15 heavy (non-hydrogen) atoms. The quantitative estimate of drug-likeness (QED) is 0.465. The lowest BCUT2D eigenvalue weighted by atomic mass is 9.84. The highest BCUT2D eigenvalue weighted by molar-refractivity contribution is 4.90. The van der Waals surface area contributed by atoms with Crippen molar-refractivity contribution in [3.8, 4) is 0 Å². The average molecular weight is 220 g/mol. The highest BCUT2D eigenvalue weighted by atomic mass is 16.6. The summed E-state index contributed by atoms with van der Waals surface area (Å²) < 4.78 is 5.05. The van der Waals surface area contributed by atoms with Crippen LogP contribution in [0.5, 0.6) is 0 Å². The van der Waals surface area contributed by atoms with Gasteiger partial charge in [0.05, 0.1) is 6.10 Å². The summed E-state index contributed by atoms with van der Waals surface area (Å²) in [5, 5.41) is 37.6. The normalized spacial score (nSPS) is 43.0. The monoisotopic (exact) mass is 220 g/mol. The van der Waals surface area contributed by atoms with Gasteiger partial charge in [0.1, 0.15) is 18.3 Å². The standard InChI is InChI=1S/C10H20O5/c1-10(2,3)4-5-6(11)7(12)8(13)9(14)15-5/h5-9,11-14H,4H2,1-3H3/t5-,6-,7+,8-,9?/m1/s1. The second kappa shape index (κ2) is 4.35. The second-order valence-corrected chi connectivity index (χ2v) is 5.30. The van der Waals surface area contributed by atoms with E-state index >= 15 is 0 Å². The van der Waals surface area contributed by atoms with Crippen molar-refractivity contribution in [3.05, 3.63) is 0 Å². The SMILES string of the molecule is CC(C)(C)C[C@H]1OC(O)[C@H](O)[C@@H](O)[C@@H]1O. The van der Waals surface area contributed by atoms with E-state index in [4.69, 9.17) is 4.74 Å². The highest BCUT2D eigenvalue weighted by Crippen LogP contribution is 2.29. The van der Waals surface area contributed by atoms with Gasteiger partial charge in [-0.05, 0) is 11.8 Å². The maximum Gasteiger partial charge on any atom is 0.183 e. The predicted octanol–water partition coefficient (Wildman–Crippen LogP) is -0.778. The molecule has 1 aliphatic heterocycles. The van der Waals surface area contributed by atoms with E-state index in [0.717, 1.165) is 0 Å². The summed E-state index contributed by atoms with van der Waals surface area (Å²) in [5.74, 6) is 0. The van der Waals surface area contributed by atoms with Crippen LogP contribution in [-0.4, -0.2) is 51.1 Å². The third-order valence-electron chi connectivity index (χ3n) is 2.50. The van der Waals surface area contributed by atoms with Crippen LogP contribution in [0.2, 0.25) is 0 Å². The van der Waals surface area contributed by atoms with Crippen molar-refractivity contribution < 1.29 is 25.2 Å². The van der Waals surface area contributed by atoms with Crippen molar-refractivity contribution in [2.75, 3.05) is 0 Å². The molecule has 90 valence electrons. The van der Waals surface area contributed by atoms with Gasteiger partial charge in [-0.2, -0.15) is 0 Å². The van der Waals surface area contributed by atoms with Crippen molar-refractivity contribution in [1.29, 1.82) is 0 Å². The summed E-state index contributed by atoms with van der Waals surface area (Å²) in [4.78, 5) is 0. The van der Waals surface area contributed by atoms with Crippen molar-refractivity contribution >= 4 is 0 Å². The molecule has 0 saturated carbocycles. The Labute approximate surface area is 89.3 Å². The first-order chi connectivity index (χ1) is 6.72. The van der Waals surface area contributed by atoms with E-state index in [1.165, 1.54) is 0 Å². The number of aliphatic hydroxyl groups excluding tert-OH is 4. The first kappa shape index (κ1) is 12.9. The Bertz CT molecular complexity index is 212. The van der Waals surface area contributed by atoms with Gasteiger partial charge in [-0.15, -0.1) is 0 Å². The van der Waals surface area contributed by atoms with Crippen LogP contribution in [0.1, 0.15) is 27.2 Å². The molecule has 0 aliphatic carbocycles. The lowest BCUT2D eigenvalue weighted by Gasteiger charge is -2.40. The van der Waals surface area contributed by atoms with Crippen LogP contribution in [0.4, 0.5) is 0 Å². The summed E-state index contributed by atoms with van der Waals surface area (Å²) in [6.07, 6.45) is -5.57. The minimum atomic E-state index is -1.45. The second-order valence-electron chi connectivity index (χ2n) is 5.30. The maximum absolute atomic E-state index is 9.64. The van der Waals surface area contributed by atoms with Crippen LogP contribution in [0.15, 0.2) is 0 Å². The molecule has 0 aromatic heterocycles. The third-order valence-corrected chi connectivity index (χ3v) is 2.50. The van der Waals surface area contributed by atoms with Gasteiger partial charge in [0.2, 0.25) is 0 Å². The molecule has 1 unspecified atom stereocenters. The molecule has 1 rings (SSSR count). The van der Waals surface area contributed by atoms with Gasteiger partial charge in [-0.1, -0.05) is 20.8 Å². The molecule has 0 spiro atoms. The average Bonchev–Trinajstić information content (AvgIpc) is 2.08. The fourth-order valence-corrected chi connectivity index (χ4v) is 1.70. The Kier molecular flexibility index (Phi) is 3.73. The molecule has 0 amide bonds. The summed E-state index contributed by atoms with van der Waals surface area (Å²) in [6.45, 7) is 5.90. The molecule has 1 saturated heterocycles. The molecule has 5 heteroatoms. The zero-order valence-electron chi connectivity index (χ0n) is 9.29.